The molecule has 3 aromatic rings. The highest BCUT2D eigenvalue weighted by atomic mass is 32.2. The fraction of sp³-hybridized carbons (Fsp3) is 0.273. The molecule has 0 atom stereocenters. The number of aromatic nitrogens is 2. The Balaban J connectivity index is 1.54. The molecule has 8 nitrogen and oxygen atoms in total. The molecule has 2 heterocycles. The highest BCUT2D eigenvalue weighted by Crippen LogP contribution is 2.32. The predicted molar refractivity (Wildman–Crippen MR) is 116 cm³/mol. The minimum Gasteiger partial charge on any atom is -0.497 e. The first-order valence-corrected chi connectivity index (χ1v) is 11.4. The van der Waals surface area contributed by atoms with Gasteiger partial charge in [0.15, 0.2) is 0 Å². The van der Waals surface area contributed by atoms with E-state index in [1.807, 2.05) is 12.1 Å². The second-order valence-electron chi connectivity index (χ2n) is 7.43. The van der Waals surface area contributed by atoms with E-state index in [-0.39, 0.29) is 11.6 Å². The number of rotatable bonds is 6. The molecule has 1 aromatic heterocycles. The third-order valence-electron chi connectivity index (χ3n) is 5.55. The summed E-state index contributed by atoms with van der Waals surface area (Å²) >= 11 is 0. The van der Waals surface area contributed by atoms with Crippen molar-refractivity contribution in [2.24, 2.45) is 5.73 Å². The zero-order valence-corrected chi connectivity index (χ0v) is 17.9. The van der Waals surface area contributed by atoms with Gasteiger partial charge < -0.3 is 15.5 Å². The molecule has 1 amide bonds. The SMILES string of the molecule is COc1ccc(-c2nc(C3CCN(S(=O)(=O)c4ccccc4)CC3)[nH]c2C(N)=O)cc1. The van der Waals surface area contributed by atoms with Crippen molar-refractivity contribution in [3.63, 3.8) is 0 Å². The van der Waals surface area contributed by atoms with Crippen LogP contribution in [0.3, 0.4) is 0 Å². The average Bonchev–Trinajstić information content (AvgIpc) is 3.26. The number of primary amides is 1. The highest BCUT2D eigenvalue weighted by molar-refractivity contribution is 7.89. The largest absolute Gasteiger partial charge is 0.497 e. The maximum absolute atomic E-state index is 12.8. The van der Waals surface area contributed by atoms with Crippen molar-refractivity contribution in [1.29, 1.82) is 0 Å². The number of H-pyrrole nitrogens is 1. The first-order valence-electron chi connectivity index (χ1n) is 9.99. The number of nitrogens with two attached hydrogens (primary N) is 1. The molecule has 0 saturated carbocycles. The van der Waals surface area contributed by atoms with Gasteiger partial charge in [0, 0.05) is 24.6 Å². The molecule has 1 fully saturated rings. The lowest BCUT2D eigenvalue weighted by atomic mass is 9.97. The van der Waals surface area contributed by atoms with Crippen molar-refractivity contribution in [1.82, 2.24) is 14.3 Å². The van der Waals surface area contributed by atoms with Crippen LogP contribution in [0.15, 0.2) is 59.5 Å². The van der Waals surface area contributed by atoms with E-state index >= 15 is 0 Å². The summed E-state index contributed by atoms with van der Waals surface area (Å²) in [6, 6.07) is 15.7. The predicted octanol–water partition coefficient (Wildman–Crippen LogP) is 2.75. The first kappa shape index (κ1) is 21.1. The maximum atomic E-state index is 12.8. The van der Waals surface area contributed by atoms with Gasteiger partial charge in [0.25, 0.3) is 5.91 Å². The number of imidazole rings is 1. The van der Waals surface area contributed by atoms with Gasteiger partial charge in [-0.2, -0.15) is 4.31 Å². The van der Waals surface area contributed by atoms with Crippen LogP contribution >= 0.6 is 0 Å². The number of hydrogen-bond acceptors (Lipinski definition) is 5. The van der Waals surface area contributed by atoms with E-state index < -0.39 is 15.9 Å². The van der Waals surface area contributed by atoms with Crippen LogP contribution in [0.4, 0.5) is 0 Å². The molecule has 31 heavy (non-hydrogen) atoms. The smallest absolute Gasteiger partial charge is 0.267 e. The number of amides is 1. The molecule has 1 aliphatic rings. The zero-order valence-electron chi connectivity index (χ0n) is 17.1. The maximum Gasteiger partial charge on any atom is 0.267 e. The van der Waals surface area contributed by atoms with Gasteiger partial charge in [-0.05, 0) is 49.2 Å². The Labute approximate surface area is 181 Å². The molecule has 3 N–H and O–H groups in total. The number of nitrogens with zero attached hydrogens (tertiary/aromatic N) is 2. The summed E-state index contributed by atoms with van der Waals surface area (Å²) in [4.78, 5) is 20.0. The lowest BCUT2D eigenvalue weighted by Crippen LogP contribution is -2.38. The number of nitrogens with one attached hydrogen (secondary N) is 1. The number of benzene rings is 2. The van der Waals surface area contributed by atoms with E-state index in [2.05, 4.69) is 9.97 Å². The standard InChI is InChI=1S/C22H24N4O4S/c1-30-17-9-7-15(8-10-17)19-20(21(23)27)25-22(24-19)16-11-13-26(14-12-16)31(28,29)18-5-3-2-4-6-18/h2-10,16H,11-14H2,1H3,(H2,23,27)(H,24,25). The molecule has 0 aliphatic carbocycles. The Hall–Kier alpha value is -3.17. The molecule has 0 unspecified atom stereocenters. The van der Waals surface area contributed by atoms with Gasteiger partial charge >= 0.3 is 0 Å². The second-order valence-corrected chi connectivity index (χ2v) is 9.37. The van der Waals surface area contributed by atoms with Crippen LogP contribution in [0.1, 0.15) is 35.1 Å². The molecule has 0 radical (unpaired) electrons. The topological polar surface area (TPSA) is 118 Å². The summed E-state index contributed by atoms with van der Waals surface area (Å²) in [7, 11) is -1.93. The minimum absolute atomic E-state index is 0.00678. The quantitative estimate of drug-likeness (QED) is 0.611. The number of ether oxygens (including phenoxy) is 1. The van der Waals surface area contributed by atoms with Crippen LogP contribution in [0, 0.1) is 0 Å². The van der Waals surface area contributed by atoms with Crippen LogP contribution in [0.25, 0.3) is 11.3 Å². The zero-order chi connectivity index (χ0) is 22.0. The van der Waals surface area contributed by atoms with Crippen molar-refractivity contribution in [3.8, 4) is 17.0 Å². The number of hydrogen-bond donors (Lipinski definition) is 2. The Morgan fingerprint density at radius 3 is 2.32 bits per heavy atom. The minimum atomic E-state index is -3.52. The fourth-order valence-corrected chi connectivity index (χ4v) is 5.32. The average molecular weight is 441 g/mol. The van der Waals surface area contributed by atoms with E-state index in [4.69, 9.17) is 10.5 Å². The van der Waals surface area contributed by atoms with Crippen molar-refractivity contribution >= 4 is 15.9 Å². The van der Waals surface area contributed by atoms with E-state index in [0.29, 0.717) is 48.1 Å². The normalized spacial score (nSPS) is 15.6. The number of carbonyl (C=O) groups excluding carboxylic acids is 1. The van der Waals surface area contributed by atoms with Crippen LogP contribution < -0.4 is 10.5 Å². The molecule has 4 rings (SSSR count). The van der Waals surface area contributed by atoms with Gasteiger partial charge in [-0.25, -0.2) is 13.4 Å². The Morgan fingerprint density at radius 1 is 1.10 bits per heavy atom. The number of aromatic amines is 1. The van der Waals surface area contributed by atoms with Crippen molar-refractivity contribution in [3.05, 3.63) is 66.1 Å². The first-order chi connectivity index (χ1) is 14.9. The molecule has 2 aromatic carbocycles. The number of sulfonamides is 1. The lowest BCUT2D eigenvalue weighted by molar-refractivity contribution is 0.0996. The van der Waals surface area contributed by atoms with Gasteiger partial charge in [-0.1, -0.05) is 18.2 Å². The molecule has 1 aliphatic heterocycles. The Kier molecular flexibility index (Phi) is 5.79. The van der Waals surface area contributed by atoms with Crippen LogP contribution in [0.2, 0.25) is 0 Å². The van der Waals surface area contributed by atoms with E-state index in [1.54, 1.807) is 49.6 Å². The lowest BCUT2D eigenvalue weighted by Gasteiger charge is -2.30. The molecular weight excluding hydrogens is 416 g/mol. The van der Waals surface area contributed by atoms with Crippen molar-refractivity contribution in [2.75, 3.05) is 20.2 Å². The van der Waals surface area contributed by atoms with Gasteiger partial charge in [-0.3, -0.25) is 4.79 Å². The summed E-state index contributed by atoms with van der Waals surface area (Å²) in [6.45, 7) is 0.763. The van der Waals surface area contributed by atoms with Crippen molar-refractivity contribution in [2.45, 2.75) is 23.7 Å². The van der Waals surface area contributed by atoms with E-state index in [1.165, 1.54) is 4.31 Å². The molecule has 0 bridgehead atoms. The number of methoxy groups -OCH3 is 1. The van der Waals surface area contributed by atoms with E-state index in [9.17, 15) is 13.2 Å². The summed E-state index contributed by atoms with van der Waals surface area (Å²) < 4.78 is 32.4. The van der Waals surface area contributed by atoms with Crippen LogP contribution in [-0.2, 0) is 10.0 Å². The van der Waals surface area contributed by atoms with Gasteiger partial charge in [0.2, 0.25) is 10.0 Å². The van der Waals surface area contributed by atoms with Gasteiger partial charge in [0.05, 0.1) is 12.0 Å². The molecular formula is C22H24N4O4S. The molecule has 162 valence electrons. The summed E-state index contributed by atoms with van der Waals surface area (Å²) in [5.41, 5.74) is 7.06. The second kappa shape index (κ2) is 8.52. The monoisotopic (exact) mass is 440 g/mol. The molecule has 9 heteroatoms. The van der Waals surface area contributed by atoms with Crippen LogP contribution in [-0.4, -0.2) is 48.8 Å². The Morgan fingerprint density at radius 2 is 1.74 bits per heavy atom. The molecule has 0 spiro atoms. The third-order valence-corrected chi connectivity index (χ3v) is 7.47. The summed E-state index contributed by atoms with van der Waals surface area (Å²) in [5, 5.41) is 0. The van der Waals surface area contributed by atoms with Crippen molar-refractivity contribution < 1.29 is 17.9 Å². The highest BCUT2D eigenvalue weighted by Gasteiger charge is 2.31. The summed E-state index contributed by atoms with van der Waals surface area (Å²) in [5.74, 6) is 0.768. The van der Waals surface area contributed by atoms with Crippen LogP contribution in [0.5, 0.6) is 5.75 Å². The van der Waals surface area contributed by atoms with Gasteiger partial charge in [-0.15, -0.1) is 0 Å². The Bertz CT molecular complexity index is 1170. The fourth-order valence-electron chi connectivity index (χ4n) is 3.83. The third kappa shape index (κ3) is 4.19. The van der Waals surface area contributed by atoms with E-state index in [0.717, 1.165) is 5.56 Å². The number of carbonyl (C=O) groups is 1. The molecule has 1 saturated heterocycles. The number of piperidine rings is 1. The van der Waals surface area contributed by atoms with Gasteiger partial charge in [0.1, 0.15) is 23.0 Å². The summed E-state index contributed by atoms with van der Waals surface area (Å²) in [6.07, 6.45) is 1.19.